The molecule has 0 saturated carbocycles. The van der Waals surface area contributed by atoms with Crippen LogP contribution >= 0.6 is 11.3 Å². The molecule has 4 nitrogen and oxygen atoms in total. The Hall–Kier alpha value is -2.40. The fraction of sp³-hybridized carbons (Fsp3) is 0. The molecule has 0 aliphatic rings. The van der Waals surface area contributed by atoms with Gasteiger partial charge in [0.1, 0.15) is 5.69 Å². The van der Waals surface area contributed by atoms with E-state index in [1.54, 1.807) is 11.3 Å². The number of carboxylic acid groups (broad SMARTS) is 1. The van der Waals surface area contributed by atoms with Gasteiger partial charge in [0.15, 0.2) is 0 Å². The minimum absolute atomic E-state index is 0.157. The van der Waals surface area contributed by atoms with E-state index < -0.39 is 5.97 Å². The van der Waals surface area contributed by atoms with Crippen LogP contribution in [0.5, 0.6) is 0 Å². The zero-order valence-corrected chi connectivity index (χ0v) is 10.6. The second kappa shape index (κ2) is 4.70. The second-order valence-electron chi connectivity index (χ2n) is 3.97. The Kier molecular flexibility index (Phi) is 2.89. The molecule has 0 bridgehead atoms. The minimum atomic E-state index is -1.12. The predicted molar refractivity (Wildman–Crippen MR) is 72.2 cm³/mol. The molecule has 0 fully saturated rings. The van der Waals surface area contributed by atoms with Crippen LogP contribution in [0.3, 0.4) is 0 Å². The third-order valence-corrected chi connectivity index (χ3v) is 3.42. The van der Waals surface area contributed by atoms with Gasteiger partial charge in [0.2, 0.25) is 5.76 Å². The van der Waals surface area contributed by atoms with Crippen LogP contribution in [-0.4, -0.2) is 16.2 Å². The van der Waals surface area contributed by atoms with Gasteiger partial charge in [0.05, 0.1) is 0 Å². The number of benzene rings is 1. The number of nitrogens with zero attached hydrogens (tertiary/aromatic N) is 1. The summed E-state index contributed by atoms with van der Waals surface area (Å²) in [5.41, 5.74) is 3.56. The third-order valence-electron chi connectivity index (χ3n) is 2.73. The molecule has 0 amide bonds. The molecule has 3 rings (SSSR count). The van der Waals surface area contributed by atoms with Gasteiger partial charge in [-0.15, -0.1) is 0 Å². The van der Waals surface area contributed by atoms with Crippen LogP contribution < -0.4 is 0 Å². The number of aromatic nitrogens is 1. The maximum atomic E-state index is 10.8. The molecule has 5 heteroatoms. The molecule has 1 aromatic carbocycles. The molecule has 1 N–H and O–H groups in total. The number of aromatic carboxylic acids is 1. The van der Waals surface area contributed by atoms with Crippen molar-refractivity contribution in [3.05, 3.63) is 52.9 Å². The summed E-state index contributed by atoms with van der Waals surface area (Å²) in [5, 5.41) is 16.7. The predicted octanol–water partition coefficient (Wildman–Crippen LogP) is 3.77. The zero-order chi connectivity index (χ0) is 13.2. The van der Waals surface area contributed by atoms with E-state index in [4.69, 9.17) is 9.63 Å². The number of hydrogen-bond acceptors (Lipinski definition) is 4. The first-order valence-electron chi connectivity index (χ1n) is 5.57. The van der Waals surface area contributed by atoms with Crippen LogP contribution in [0, 0.1) is 0 Å². The molecule has 0 saturated heterocycles. The molecule has 0 radical (unpaired) electrons. The summed E-state index contributed by atoms with van der Waals surface area (Å²) in [7, 11) is 0. The largest absolute Gasteiger partial charge is 0.475 e. The standard InChI is InChI=1S/C14H9NO3S/c16-14(17)13-7-12(15-18-13)10-3-1-2-9(6-10)11-4-5-19-8-11/h1-8H,(H,16,17). The molecular weight excluding hydrogens is 262 g/mol. The molecule has 2 heterocycles. The van der Waals surface area contributed by atoms with Crippen LogP contribution in [0.2, 0.25) is 0 Å². The van der Waals surface area contributed by atoms with Crippen molar-refractivity contribution < 1.29 is 14.4 Å². The van der Waals surface area contributed by atoms with Crippen molar-refractivity contribution in [1.29, 1.82) is 0 Å². The quantitative estimate of drug-likeness (QED) is 0.787. The van der Waals surface area contributed by atoms with Gasteiger partial charge in [-0.05, 0) is 34.0 Å². The number of rotatable bonds is 3. The highest BCUT2D eigenvalue weighted by Gasteiger charge is 2.12. The number of thiophene rings is 1. The summed E-state index contributed by atoms with van der Waals surface area (Å²) in [6.45, 7) is 0. The number of carboxylic acids is 1. The molecule has 0 spiro atoms. The molecule has 2 aromatic heterocycles. The summed E-state index contributed by atoms with van der Waals surface area (Å²) in [5.74, 6) is -1.27. The van der Waals surface area contributed by atoms with Crippen LogP contribution in [0.25, 0.3) is 22.4 Å². The van der Waals surface area contributed by atoms with Crippen molar-refractivity contribution in [3.8, 4) is 22.4 Å². The Morgan fingerprint density at radius 3 is 2.68 bits per heavy atom. The molecule has 3 aromatic rings. The van der Waals surface area contributed by atoms with Gasteiger partial charge in [-0.1, -0.05) is 23.4 Å². The minimum Gasteiger partial charge on any atom is -0.475 e. The van der Waals surface area contributed by atoms with Gasteiger partial charge in [0, 0.05) is 11.6 Å². The van der Waals surface area contributed by atoms with Crippen molar-refractivity contribution in [1.82, 2.24) is 5.16 Å². The van der Waals surface area contributed by atoms with Crippen LogP contribution in [0.15, 0.2) is 51.7 Å². The van der Waals surface area contributed by atoms with E-state index in [-0.39, 0.29) is 5.76 Å². The Balaban J connectivity index is 2.01. The Morgan fingerprint density at radius 1 is 1.16 bits per heavy atom. The maximum Gasteiger partial charge on any atom is 0.374 e. The molecule has 0 unspecified atom stereocenters. The SMILES string of the molecule is O=C(O)c1cc(-c2cccc(-c3ccsc3)c2)no1. The number of hydrogen-bond donors (Lipinski definition) is 1. The first-order valence-corrected chi connectivity index (χ1v) is 6.51. The van der Waals surface area contributed by atoms with Gasteiger partial charge >= 0.3 is 5.97 Å². The molecule has 19 heavy (non-hydrogen) atoms. The first-order chi connectivity index (χ1) is 9.24. The van der Waals surface area contributed by atoms with E-state index in [1.165, 1.54) is 6.07 Å². The fourth-order valence-electron chi connectivity index (χ4n) is 1.80. The highest BCUT2D eigenvalue weighted by atomic mass is 32.1. The van der Waals surface area contributed by atoms with Crippen LogP contribution in [-0.2, 0) is 0 Å². The Bertz CT molecular complexity index is 716. The van der Waals surface area contributed by atoms with E-state index in [0.717, 1.165) is 16.7 Å². The van der Waals surface area contributed by atoms with E-state index in [9.17, 15) is 4.79 Å². The molecule has 0 aliphatic heterocycles. The highest BCUT2D eigenvalue weighted by molar-refractivity contribution is 7.08. The number of carbonyl (C=O) groups is 1. The lowest BCUT2D eigenvalue weighted by molar-refractivity contribution is 0.0652. The lowest BCUT2D eigenvalue weighted by Gasteiger charge is -2.00. The van der Waals surface area contributed by atoms with Crippen LogP contribution in [0.1, 0.15) is 10.6 Å². The van der Waals surface area contributed by atoms with E-state index >= 15 is 0 Å². The summed E-state index contributed by atoms with van der Waals surface area (Å²) in [4.78, 5) is 10.8. The summed E-state index contributed by atoms with van der Waals surface area (Å²) in [6.07, 6.45) is 0. The van der Waals surface area contributed by atoms with E-state index in [2.05, 4.69) is 10.5 Å². The van der Waals surface area contributed by atoms with E-state index in [0.29, 0.717) is 5.69 Å². The monoisotopic (exact) mass is 271 g/mol. The summed E-state index contributed by atoms with van der Waals surface area (Å²) in [6, 6.07) is 11.2. The van der Waals surface area contributed by atoms with Gasteiger partial charge < -0.3 is 9.63 Å². The molecule has 0 aliphatic carbocycles. The average Bonchev–Trinajstić information content (AvgIpc) is 3.10. The normalized spacial score (nSPS) is 10.5. The second-order valence-corrected chi connectivity index (χ2v) is 4.75. The maximum absolute atomic E-state index is 10.8. The van der Waals surface area contributed by atoms with Crippen molar-refractivity contribution in [2.24, 2.45) is 0 Å². The molecular formula is C14H9NO3S. The Morgan fingerprint density at radius 2 is 2.00 bits per heavy atom. The van der Waals surface area contributed by atoms with Gasteiger partial charge in [0.25, 0.3) is 0 Å². The van der Waals surface area contributed by atoms with E-state index in [1.807, 2.05) is 35.7 Å². The van der Waals surface area contributed by atoms with Crippen LogP contribution in [0.4, 0.5) is 0 Å². The van der Waals surface area contributed by atoms with Crippen molar-refractivity contribution in [3.63, 3.8) is 0 Å². The highest BCUT2D eigenvalue weighted by Crippen LogP contribution is 2.27. The van der Waals surface area contributed by atoms with Gasteiger partial charge in [-0.25, -0.2) is 4.79 Å². The third kappa shape index (κ3) is 2.28. The molecule has 94 valence electrons. The Labute approximate surface area is 112 Å². The summed E-state index contributed by atoms with van der Waals surface area (Å²) >= 11 is 1.63. The van der Waals surface area contributed by atoms with Gasteiger partial charge in [-0.3, -0.25) is 0 Å². The average molecular weight is 271 g/mol. The first kappa shape index (κ1) is 11.7. The zero-order valence-electron chi connectivity index (χ0n) is 9.74. The van der Waals surface area contributed by atoms with Gasteiger partial charge in [-0.2, -0.15) is 11.3 Å². The fourth-order valence-corrected chi connectivity index (χ4v) is 2.46. The summed E-state index contributed by atoms with van der Waals surface area (Å²) < 4.78 is 4.76. The van der Waals surface area contributed by atoms with Crippen molar-refractivity contribution in [2.75, 3.05) is 0 Å². The van der Waals surface area contributed by atoms with Crippen molar-refractivity contribution >= 4 is 17.3 Å². The van der Waals surface area contributed by atoms with Crippen molar-refractivity contribution in [2.45, 2.75) is 0 Å². The lowest BCUT2D eigenvalue weighted by atomic mass is 10.0. The smallest absolute Gasteiger partial charge is 0.374 e. The lowest BCUT2D eigenvalue weighted by Crippen LogP contribution is -1.91. The molecule has 0 atom stereocenters. The topological polar surface area (TPSA) is 63.3 Å².